The predicted molar refractivity (Wildman–Crippen MR) is 133 cm³/mol. The van der Waals surface area contributed by atoms with E-state index in [1.807, 2.05) is 26.8 Å². The number of nitrogens with one attached hydrogen (secondary N) is 3. The third-order valence-electron chi connectivity index (χ3n) is 4.83. The Morgan fingerprint density at radius 2 is 1.91 bits per heavy atom. The average Bonchev–Trinajstić information content (AvgIpc) is 3.29. The Morgan fingerprint density at radius 3 is 2.60 bits per heavy atom. The summed E-state index contributed by atoms with van der Waals surface area (Å²) in [6.45, 7) is 5.57. The van der Waals surface area contributed by atoms with E-state index in [9.17, 15) is 13.2 Å². The molecule has 0 unspecified atom stereocenters. The molecule has 35 heavy (non-hydrogen) atoms. The minimum Gasteiger partial charge on any atom is -0.484 e. The summed E-state index contributed by atoms with van der Waals surface area (Å²) in [5.41, 5.74) is 1.53. The van der Waals surface area contributed by atoms with E-state index in [-0.39, 0.29) is 22.9 Å². The van der Waals surface area contributed by atoms with Crippen molar-refractivity contribution in [2.75, 3.05) is 18.2 Å². The summed E-state index contributed by atoms with van der Waals surface area (Å²) >= 11 is 0. The lowest BCUT2D eigenvalue weighted by Gasteiger charge is -2.20. The van der Waals surface area contributed by atoms with E-state index < -0.39 is 9.84 Å². The Hall–Kier alpha value is -3.99. The smallest absolute Gasteiger partial charge is 0.258 e. The topological polar surface area (TPSA) is 139 Å². The third-order valence-corrected chi connectivity index (χ3v) is 5.94. The summed E-state index contributed by atoms with van der Waals surface area (Å²) in [4.78, 5) is 21.6. The maximum absolute atomic E-state index is 12.1. The molecule has 0 aliphatic rings. The van der Waals surface area contributed by atoms with Crippen molar-refractivity contribution in [3.63, 3.8) is 0 Å². The maximum atomic E-state index is 12.1. The number of nitrogens with zero attached hydrogens (tertiary/aromatic N) is 3. The number of benzene rings is 2. The van der Waals surface area contributed by atoms with Crippen LogP contribution in [0.1, 0.15) is 20.8 Å². The average molecular weight is 495 g/mol. The molecule has 1 amide bonds. The first-order valence-corrected chi connectivity index (χ1v) is 12.7. The number of hydrogen-bond acceptors (Lipinski definition) is 8. The van der Waals surface area contributed by atoms with E-state index >= 15 is 0 Å². The molecule has 3 N–H and O–H groups in total. The lowest BCUT2D eigenvalue weighted by molar-refractivity contribution is -0.124. The van der Waals surface area contributed by atoms with Gasteiger partial charge in [-0.2, -0.15) is 5.10 Å². The Kier molecular flexibility index (Phi) is 6.44. The molecular formula is C24H26N6O4S. The molecule has 2 heterocycles. The molecule has 2 aromatic carbocycles. The molecule has 4 rings (SSSR count). The van der Waals surface area contributed by atoms with E-state index in [1.54, 1.807) is 42.7 Å². The highest BCUT2D eigenvalue weighted by Gasteiger charge is 2.16. The van der Waals surface area contributed by atoms with Gasteiger partial charge in [-0.1, -0.05) is 12.1 Å². The number of carbonyl (C=O) groups is 1. The zero-order valence-corrected chi connectivity index (χ0v) is 20.6. The number of H-pyrrole nitrogens is 1. The molecule has 0 radical (unpaired) electrons. The number of hydrogen-bond donors (Lipinski definition) is 3. The minimum absolute atomic E-state index is 0.124. The van der Waals surface area contributed by atoms with Crippen molar-refractivity contribution in [3.05, 3.63) is 54.9 Å². The molecule has 11 heteroatoms. The molecule has 0 saturated heterocycles. The number of aromatic nitrogens is 4. The van der Waals surface area contributed by atoms with Crippen LogP contribution in [-0.4, -0.2) is 52.9 Å². The first-order valence-electron chi connectivity index (χ1n) is 10.8. The summed E-state index contributed by atoms with van der Waals surface area (Å²) in [6, 6.07) is 11.8. The van der Waals surface area contributed by atoms with Crippen molar-refractivity contribution in [1.82, 2.24) is 25.5 Å². The fourth-order valence-electron chi connectivity index (χ4n) is 3.35. The van der Waals surface area contributed by atoms with Crippen LogP contribution in [0.3, 0.4) is 0 Å². The van der Waals surface area contributed by atoms with Crippen molar-refractivity contribution in [3.8, 4) is 17.1 Å². The molecule has 0 bridgehead atoms. The zero-order valence-electron chi connectivity index (χ0n) is 19.8. The van der Waals surface area contributed by atoms with Crippen molar-refractivity contribution in [1.29, 1.82) is 0 Å². The molecule has 4 aromatic rings. The Bertz CT molecular complexity index is 1480. The van der Waals surface area contributed by atoms with Crippen molar-refractivity contribution in [2.45, 2.75) is 31.2 Å². The molecule has 0 aliphatic carbocycles. The van der Waals surface area contributed by atoms with E-state index in [0.717, 1.165) is 6.26 Å². The van der Waals surface area contributed by atoms with Crippen LogP contribution in [0.15, 0.2) is 59.8 Å². The van der Waals surface area contributed by atoms with Gasteiger partial charge in [-0.3, -0.25) is 9.89 Å². The second-order valence-corrected chi connectivity index (χ2v) is 11.1. The number of amides is 1. The predicted octanol–water partition coefficient (Wildman–Crippen LogP) is 3.46. The van der Waals surface area contributed by atoms with Crippen molar-refractivity contribution < 1.29 is 17.9 Å². The van der Waals surface area contributed by atoms with Gasteiger partial charge in [0.2, 0.25) is 0 Å². The van der Waals surface area contributed by atoms with Crippen LogP contribution in [0.25, 0.3) is 22.3 Å². The van der Waals surface area contributed by atoms with Crippen LogP contribution >= 0.6 is 0 Å². The zero-order chi connectivity index (χ0) is 25.2. The summed E-state index contributed by atoms with van der Waals surface area (Å²) < 4.78 is 29.9. The number of anilines is 2. The number of ether oxygens (including phenoxy) is 1. The summed E-state index contributed by atoms with van der Waals surface area (Å²) in [6.07, 6.45) is 4.40. The highest BCUT2D eigenvalue weighted by Crippen LogP contribution is 2.30. The SMILES string of the molecule is CC(C)(C)NC(=O)COc1cccc(-c2nc(Nc3cn[nH]c3)c3cc(S(C)(=O)=O)ccc3n2)c1. The molecular weight excluding hydrogens is 468 g/mol. The van der Waals surface area contributed by atoms with E-state index in [1.165, 1.54) is 6.07 Å². The van der Waals surface area contributed by atoms with Crippen LogP contribution in [0, 0.1) is 0 Å². The van der Waals surface area contributed by atoms with Gasteiger partial charge < -0.3 is 15.4 Å². The van der Waals surface area contributed by atoms with Crippen LogP contribution < -0.4 is 15.4 Å². The largest absolute Gasteiger partial charge is 0.484 e. The summed E-state index contributed by atoms with van der Waals surface area (Å²) in [5, 5.41) is 13.2. The second-order valence-electron chi connectivity index (χ2n) is 9.07. The van der Waals surface area contributed by atoms with Crippen molar-refractivity contribution in [2.24, 2.45) is 0 Å². The fraction of sp³-hybridized carbons (Fsp3) is 0.250. The molecule has 0 spiro atoms. The van der Waals surface area contributed by atoms with E-state index in [4.69, 9.17) is 4.74 Å². The Labute approximate surface area is 203 Å². The lowest BCUT2D eigenvalue weighted by Crippen LogP contribution is -2.43. The molecule has 0 fully saturated rings. The van der Waals surface area contributed by atoms with Crippen LogP contribution in [-0.2, 0) is 14.6 Å². The van der Waals surface area contributed by atoms with Gasteiger partial charge in [0, 0.05) is 28.9 Å². The highest BCUT2D eigenvalue weighted by molar-refractivity contribution is 7.90. The first kappa shape index (κ1) is 24.1. The highest BCUT2D eigenvalue weighted by atomic mass is 32.2. The number of rotatable bonds is 7. The molecule has 0 saturated carbocycles. The molecule has 0 atom stereocenters. The quantitative estimate of drug-likeness (QED) is 0.355. The van der Waals surface area contributed by atoms with Crippen LogP contribution in [0.5, 0.6) is 5.75 Å². The third kappa shape index (κ3) is 6.12. The first-order chi connectivity index (χ1) is 16.5. The fourth-order valence-corrected chi connectivity index (χ4v) is 3.99. The van der Waals surface area contributed by atoms with Gasteiger partial charge in [-0.15, -0.1) is 0 Å². The van der Waals surface area contributed by atoms with Gasteiger partial charge in [0.25, 0.3) is 5.91 Å². The second kappa shape index (κ2) is 9.34. The normalized spacial score (nSPS) is 11.9. The number of carbonyl (C=O) groups excluding carboxylic acids is 1. The number of aromatic amines is 1. The Balaban J connectivity index is 1.70. The molecule has 10 nitrogen and oxygen atoms in total. The summed E-state index contributed by atoms with van der Waals surface area (Å²) in [5.74, 6) is 1.10. The van der Waals surface area contributed by atoms with Gasteiger partial charge in [0.05, 0.1) is 22.3 Å². The van der Waals surface area contributed by atoms with Crippen LogP contribution in [0.2, 0.25) is 0 Å². The standard InChI is InChI=1S/C24H26N6O4S/c1-24(2,3)30-21(31)14-34-17-7-5-6-15(10-17)22-28-20-9-8-18(35(4,32)33)11-19(20)23(29-22)27-16-12-25-26-13-16/h5-13H,14H2,1-4H3,(H,25,26)(H,30,31)(H,27,28,29). The van der Waals surface area contributed by atoms with E-state index in [2.05, 4.69) is 30.8 Å². The van der Waals surface area contributed by atoms with Gasteiger partial charge in [-0.25, -0.2) is 18.4 Å². The van der Waals surface area contributed by atoms with Crippen molar-refractivity contribution >= 4 is 38.2 Å². The molecule has 2 aromatic heterocycles. The van der Waals surface area contributed by atoms with Gasteiger partial charge in [-0.05, 0) is 51.1 Å². The van der Waals surface area contributed by atoms with E-state index in [0.29, 0.717) is 39.5 Å². The minimum atomic E-state index is -3.42. The maximum Gasteiger partial charge on any atom is 0.258 e. The van der Waals surface area contributed by atoms with Gasteiger partial charge in [0.1, 0.15) is 11.6 Å². The number of fused-ring (bicyclic) bond motifs is 1. The summed E-state index contributed by atoms with van der Waals surface area (Å²) in [7, 11) is -3.42. The Morgan fingerprint density at radius 1 is 1.11 bits per heavy atom. The number of sulfone groups is 1. The monoisotopic (exact) mass is 494 g/mol. The molecule has 182 valence electrons. The van der Waals surface area contributed by atoms with Crippen LogP contribution in [0.4, 0.5) is 11.5 Å². The van der Waals surface area contributed by atoms with Gasteiger partial charge in [0.15, 0.2) is 22.3 Å². The lowest BCUT2D eigenvalue weighted by atomic mass is 10.1. The molecule has 0 aliphatic heterocycles. The van der Waals surface area contributed by atoms with Gasteiger partial charge >= 0.3 is 0 Å².